The van der Waals surface area contributed by atoms with Gasteiger partial charge in [-0.3, -0.25) is 4.79 Å². The number of piperidine rings is 1. The summed E-state index contributed by atoms with van der Waals surface area (Å²) >= 11 is 0. The van der Waals surface area contributed by atoms with Crippen LogP contribution in [-0.4, -0.2) is 38.3 Å². The van der Waals surface area contributed by atoms with Crippen molar-refractivity contribution in [3.63, 3.8) is 0 Å². The molecule has 1 heterocycles. The van der Waals surface area contributed by atoms with E-state index in [2.05, 4.69) is 17.6 Å². The minimum atomic E-state index is -0.854. The Balaban J connectivity index is 1.95. The maximum Gasteiger partial charge on any atom is 0.246 e. The summed E-state index contributed by atoms with van der Waals surface area (Å²) in [4.78, 5) is 12.0. The van der Waals surface area contributed by atoms with Gasteiger partial charge < -0.3 is 15.4 Å². The van der Waals surface area contributed by atoms with E-state index in [4.69, 9.17) is 4.74 Å². The summed E-state index contributed by atoms with van der Waals surface area (Å²) in [6, 6.07) is 3.79. The van der Waals surface area contributed by atoms with Crippen LogP contribution in [0.25, 0.3) is 0 Å². The molecule has 4 nitrogen and oxygen atoms in total. The van der Waals surface area contributed by atoms with Crippen LogP contribution in [0.1, 0.15) is 37.7 Å². The molecule has 23 heavy (non-hydrogen) atoms. The zero-order valence-electron chi connectivity index (χ0n) is 13.4. The molecule has 0 aliphatic carbocycles. The smallest absolute Gasteiger partial charge is 0.246 e. The molecule has 2 rings (SSSR count). The van der Waals surface area contributed by atoms with E-state index in [0.717, 1.165) is 31.9 Å². The minimum absolute atomic E-state index is 0.0288. The molecule has 2 unspecified atom stereocenters. The summed E-state index contributed by atoms with van der Waals surface area (Å²) in [5.74, 6) is -1.92. The standard InChI is InChI=1S/C17H24F2N2O2/c1-2-3-8-23-11-17(22)21-16-10-20-7-6-13(16)12-4-5-14(18)15(19)9-12/h4-5,9,13,16,20H,2-3,6-8,10-11H2,1H3,(H,21,22). The van der Waals surface area contributed by atoms with Crippen LogP contribution in [0.2, 0.25) is 0 Å². The fourth-order valence-corrected chi connectivity index (χ4v) is 2.81. The number of carbonyl (C=O) groups is 1. The lowest BCUT2D eigenvalue weighted by molar-refractivity contribution is -0.126. The first kappa shape index (κ1) is 17.8. The van der Waals surface area contributed by atoms with Crippen LogP contribution in [0.5, 0.6) is 0 Å². The lowest BCUT2D eigenvalue weighted by Gasteiger charge is -2.33. The maximum absolute atomic E-state index is 13.5. The third-order valence-electron chi connectivity index (χ3n) is 4.08. The van der Waals surface area contributed by atoms with Gasteiger partial charge in [-0.05, 0) is 37.1 Å². The number of benzene rings is 1. The van der Waals surface area contributed by atoms with Crippen molar-refractivity contribution in [1.29, 1.82) is 0 Å². The predicted octanol–water partition coefficient (Wildman–Crippen LogP) is 2.34. The summed E-state index contributed by atoms with van der Waals surface area (Å²) in [5, 5.41) is 6.15. The zero-order valence-corrected chi connectivity index (χ0v) is 13.4. The van der Waals surface area contributed by atoms with Crippen LogP contribution in [0.3, 0.4) is 0 Å². The van der Waals surface area contributed by atoms with Crippen LogP contribution in [0.15, 0.2) is 18.2 Å². The Morgan fingerprint density at radius 2 is 2.22 bits per heavy atom. The average molecular weight is 326 g/mol. The third-order valence-corrected chi connectivity index (χ3v) is 4.08. The summed E-state index contributed by atoms with van der Waals surface area (Å²) in [6.07, 6.45) is 2.70. The van der Waals surface area contributed by atoms with Crippen LogP contribution in [0.4, 0.5) is 8.78 Å². The third kappa shape index (κ3) is 5.25. The lowest BCUT2D eigenvalue weighted by atomic mass is 9.86. The molecule has 1 aliphatic heterocycles. The van der Waals surface area contributed by atoms with Crippen LogP contribution in [-0.2, 0) is 9.53 Å². The number of amides is 1. The molecular formula is C17H24F2N2O2. The second kappa shape index (κ2) is 8.93. The first-order chi connectivity index (χ1) is 11.1. The van der Waals surface area contributed by atoms with Crippen molar-refractivity contribution < 1.29 is 18.3 Å². The quantitative estimate of drug-likeness (QED) is 0.756. The second-order valence-corrected chi connectivity index (χ2v) is 5.85. The lowest BCUT2D eigenvalue weighted by Crippen LogP contribution is -2.50. The Morgan fingerprint density at radius 3 is 2.96 bits per heavy atom. The van der Waals surface area contributed by atoms with Gasteiger partial charge in [0, 0.05) is 25.1 Å². The van der Waals surface area contributed by atoms with Crippen molar-refractivity contribution in [2.75, 3.05) is 26.3 Å². The molecule has 1 saturated heterocycles. The van der Waals surface area contributed by atoms with E-state index in [1.807, 2.05) is 0 Å². The average Bonchev–Trinajstić information content (AvgIpc) is 2.55. The van der Waals surface area contributed by atoms with Gasteiger partial charge in [-0.25, -0.2) is 8.78 Å². The monoisotopic (exact) mass is 326 g/mol. The molecule has 0 saturated carbocycles. The topological polar surface area (TPSA) is 50.4 Å². The largest absolute Gasteiger partial charge is 0.372 e. The molecule has 2 N–H and O–H groups in total. The van der Waals surface area contributed by atoms with Crippen LogP contribution in [0, 0.1) is 11.6 Å². The fraction of sp³-hybridized carbons (Fsp3) is 0.588. The second-order valence-electron chi connectivity index (χ2n) is 5.85. The highest BCUT2D eigenvalue weighted by molar-refractivity contribution is 5.77. The first-order valence-corrected chi connectivity index (χ1v) is 8.14. The van der Waals surface area contributed by atoms with E-state index in [9.17, 15) is 13.6 Å². The molecule has 1 amide bonds. The van der Waals surface area contributed by atoms with Crippen molar-refractivity contribution in [2.24, 2.45) is 0 Å². The highest BCUT2D eigenvalue weighted by atomic mass is 19.2. The fourth-order valence-electron chi connectivity index (χ4n) is 2.81. The molecule has 0 radical (unpaired) electrons. The number of hydrogen-bond acceptors (Lipinski definition) is 3. The molecule has 1 fully saturated rings. The number of rotatable bonds is 7. The van der Waals surface area contributed by atoms with E-state index in [0.29, 0.717) is 18.7 Å². The first-order valence-electron chi connectivity index (χ1n) is 8.14. The number of carbonyl (C=O) groups excluding carboxylic acids is 1. The van der Waals surface area contributed by atoms with Crippen molar-refractivity contribution in [3.05, 3.63) is 35.4 Å². The van der Waals surface area contributed by atoms with Gasteiger partial charge in [0.2, 0.25) is 5.91 Å². The molecule has 6 heteroatoms. The molecule has 1 aromatic carbocycles. The zero-order chi connectivity index (χ0) is 16.7. The number of unbranched alkanes of at least 4 members (excludes halogenated alkanes) is 1. The Hall–Kier alpha value is -1.53. The number of hydrogen-bond donors (Lipinski definition) is 2. The highest BCUT2D eigenvalue weighted by Crippen LogP contribution is 2.26. The number of nitrogens with one attached hydrogen (secondary N) is 2. The predicted molar refractivity (Wildman–Crippen MR) is 84.2 cm³/mol. The van der Waals surface area contributed by atoms with Crippen LogP contribution >= 0.6 is 0 Å². The number of ether oxygens (including phenoxy) is 1. The molecule has 1 aromatic rings. The van der Waals surface area contributed by atoms with Crippen molar-refractivity contribution in [2.45, 2.75) is 38.1 Å². The minimum Gasteiger partial charge on any atom is -0.372 e. The number of halogens is 2. The Kier molecular flexibility index (Phi) is 6.92. The summed E-state index contributed by atoms with van der Waals surface area (Å²) in [7, 11) is 0. The van der Waals surface area contributed by atoms with Gasteiger partial charge in [-0.1, -0.05) is 19.4 Å². The molecule has 1 aliphatic rings. The summed E-state index contributed by atoms with van der Waals surface area (Å²) < 4.78 is 31.9. The van der Waals surface area contributed by atoms with Gasteiger partial charge in [0.1, 0.15) is 6.61 Å². The summed E-state index contributed by atoms with van der Waals surface area (Å²) in [6.45, 7) is 4.04. The highest BCUT2D eigenvalue weighted by Gasteiger charge is 2.28. The Bertz CT molecular complexity index is 525. The normalized spacial score (nSPS) is 21.2. The van der Waals surface area contributed by atoms with E-state index in [1.165, 1.54) is 6.07 Å². The molecule has 2 atom stereocenters. The van der Waals surface area contributed by atoms with Gasteiger partial charge in [0.15, 0.2) is 11.6 Å². The Labute approximate surface area is 135 Å². The summed E-state index contributed by atoms with van der Waals surface area (Å²) in [5.41, 5.74) is 0.711. The van der Waals surface area contributed by atoms with Gasteiger partial charge >= 0.3 is 0 Å². The Morgan fingerprint density at radius 1 is 1.39 bits per heavy atom. The molecule has 128 valence electrons. The molecular weight excluding hydrogens is 302 g/mol. The van der Waals surface area contributed by atoms with Gasteiger partial charge in [0.25, 0.3) is 0 Å². The van der Waals surface area contributed by atoms with E-state index in [-0.39, 0.29) is 24.5 Å². The van der Waals surface area contributed by atoms with Crippen molar-refractivity contribution in [1.82, 2.24) is 10.6 Å². The van der Waals surface area contributed by atoms with Crippen molar-refractivity contribution >= 4 is 5.91 Å². The van der Waals surface area contributed by atoms with Gasteiger partial charge in [-0.2, -0.15) is 0 Å². The molecule has 0 bridgehead atoms. The van der Waals surface area contributed by atoms with E-state index in [1.54, 1.807) is 6.07 Å². The van der Waals surface area contributed by atoms with Crippen molar-refractivity contribution in [3.8, 4) is 0 Å². The van der Waals surface area contributed by atoms with E-state index < -0.39 is 11.6 Å². The maximum atomic E-state index is 13.5. The van der Waals surface area contributed by atoms with Gasteiger partial charge in [0.05, 0.1) is 0 Å². The SMILES string of the molecule is CCCCOCC(=O)NC1CNCCC1c1ccc(F)c(F)c1. The van der Waals surface area contributed by atoms with Crippen LogP contribution < -0.4 is 10.6 Å². The molecule has 0 aromatic heterocycles. The van der Waals surface area contributed by atoms with E-state index >= 15 is 0 Å². The van der Waals surface area contributed by atoms with Gasteiger partial charge in [-0.15, -0.1) is 0 Å². The molecule has 0 spiro atoms.